The maximum atomic E-state index is 12.7. The van der Waals surface area contributed by atoms with E-state index in [9.17, 15) is 4.79 Å². The molecule has 1 saturated carbocycles. The summed E-state index contributed by atoms with van der Waals surface area (Å²) in [6.07, 6.45) is 6.71. The van der Waals surface area contributed by atoms with Crippen LogP contribution in [0, 0.1) is 0 Å². The molecule has 1 atom stereocenters. The molecule has 1 N–H and O–H groups in total. The number of thioether (sulfide) groups is 1. The largest absolute Gasteiger partial charge is 0.416 e. The fourth-order valence-corrected chi connectivity index (χ4v) is 4.52. The standard InChI is InChI=1S/C24H27N3O2S/c28-22(17-30-24-27-26-23(29-24)20-14-8-3-9-15-20)25-21(19-12-6-2-7-13-19)16-18-10-4-1-5-11-18/h1-2,4-7,10-13,20-21H,3,8-9,14-17H2,(H,25,28)/t21-/m0/s1. The van der Waals surface area contributed by atoms with Gasteiger partial charge >= 0.3 is 0 Å². The molecule has 30 heavy (non-hydrogen) atoms. The zero-order valence-corrected chi connectivity index (χ0v) is 17.8. The smallest absolute Gasteiger partial charge is 0.277 e. The topological polar surface area (TPSA) is 68.0 Å². The van der Waals surface area contributed by atoms with E-state index >= 15 is 0 Å². The zero-order chi connectivity index (χ0) is 20.6. The van der Waals surface area contributed by atoms with Crippen molar-refractivity contribution in [2.45, 2.75) is 55.7 Å². The summed E-state index contributed by atoms with van der Waals surface area (Å²) in [5.41, 5.74) is 2.28. The zero-order valence-electron chi connectivity index (χ0n) is 17.0. The Labute approximate surface area is 181 Å². The van der Waals surface area contributed by atoms with Crippen LogP contribution in [0.25, 0.3) is 0 Å². The van der Waals surface area contributed by atoms with Crippen molar-refractivity contribution in [3.63, 3.8) is 0 Å². The molecular formula is C24H27N3O2S. The summed E-state index contributed by atoms with van der Waals surface area (Å²) in [5, 5.41) is 12.0. The molecule has 1 heterocycles. The molecule has 4 rings (SSSR count). The van der Waals surface area contributed by atoms with Crippen LogP contribution < -0.4 is 5.32 Å². The van der Waals surface area contributed by atoms with Gasteiger partial charge in [-0.25, -0.2) is 0 Å². The van der Waals surface area contributed by atoms with Gasteiger partial charge < -0.3 is 9.73 Å². The van der Waals surface area contributed by atoms with Crippen molar-refractivity contribution in [1.29, 1.82) is 0 Å². The Hall–Kier alpha value is -2.60. The summed E-state index contributed by atoms with van der Waals surface area (Å²) in [5.74, 6) is 1.32. The average Bonchev–Trinajstić information content (AvgIpc) is 3.28. The summed E-state index contributed by atoms with van der Waals surface area (Å²) in [7, 11) is 0. The van der Waals surface area contributed by atoms with Gasteiger partial charge in [-0.05, 0) is 30.4 Å². The van der Waals surface area contributed by atoms with Crippen LogP contribution in [0.5, 0.6) is 0 Å². The molecule has 2 aromatic carbocycles. The second-order valence-corrected chi connectivity index (χ2v) is 8.68. The van der Waals surface area contributed by atoms with Crippen LogP contribution in [-0.2, 0) is 11.2 Å². The van der Waals surface area contributed by atoms with Gasteiger partial charge in [0.15, 0.2) is 0 Å². The number of hydrogen-bond donors (Lipinski definition) is 1. The molecule has 1 amide bonds. The highest BCUT2D eigenvalue weighted by Crippen LogP contribution is 2.33. The van der Waals surface area contributed by atoms with Gasteiger partial charge in [0.2, 0.25) is 11.8 Å². The van der Waals surface area contributed by atoms with E-state index in [-0.39, 0.29) is 17.7 Å². The predicted octanol–water partition coefficient (Wildman–Crippen LogP) is 5.31. The molecule has 5 nitrogen and oxygen atoms in total. The van der Waals surface area contributed by atoms with Crippen molar-refractivity contribution in [3.8, 4) is 0 Å². The van der Waals surface area contributed by atoms with Crippen molar-refractivity contribution < 1.29 is 9.21 Å². The van der Waals surface area contributed by atoms with Gasteiger partial charge in [-0.15, -0.1) is 10.2 Å². The lowest BCUT2D eigenvalue weighted by Gasteiger charge is -2.19. The van der Waals surface area contributed by atoms with Crippen LogP contribution in [-0.4, -0.2) is 21.9 Å². The Bertz CT molecular complexity index is 924. The quantitative estimate of drug-likeness (QED) is 0.499. The van der Waals surface area contributed by atoms with Crippen LogP contribution in [0.15, 0.2) is 70.3 Å². The minimum Gasteiger partial charge on any atom is -0.416 e. The Morgan fingerprint density at radius 2 is 1.70 bits per heavy atom. The van der Waals surface area contributed by atoms with Gasteiger partial charge in [-0.1, -0.05) is 91.7 Å². The van der Waals surface area contributed by atoms with Crippen LogP contribution in [0.3, 0.4) is 0 Å². The second kappa shape index (κ2) is 10.4. The molecule has 156 valence electrons. The monoisotopic (exact) mass is 421 g/mol. The van der Waals surface area contributed by atoms with E-state index in [1.807, 2.05) is 36.4 Å². The summed E-state index contributed by atoms with van der Waals surface area (Å²) >= 11 is 1.30. The molecule has 1 aliphatic carbocycles. The Balaban J connectivity index is 1.35. The van der Waals surface area contributed by atoms with Gasteiger partial charge in [-0.3, -0.25) is 4.79 Å². The number of carbonyl (C=O) groups is 1. The van der Waals surface area contributed by atoms with E-state index < -0.39 is 0 Å². The van der Waals surface area contributed by atoms with E-state index in [0.29, 0.717) is 11.1 Å². The molecule has 0 aliphatic heterocycles. The second-order valence-electron chi connectivity index (χ2n) is 7.75. The first-order valence-corrected chi connectivity index (χ1v) is 11.6. The van der Waals surface area contributed by atoms with Crippen LogP contribution in [0.2, 0.25) is 0 Å². The van der Waals surface area contributed by atoms with E-state index in [0.717, 1.165) is 30.7 Å². The number of amides is 1. The summed E-state index contributed by atoms with van der Waals surface area (Å²) in [4.78, 5) is 12.7. The third kappa shape index (κ3) is 5.72. The summed E-state index contributed by atoms with van der Waals surface area (Å²) in [6, 6.07) is 20.2. The van der Waals surface area contributed by atoms with Crippen LogP contribution in [0.1, 0.15) is 61.1 Å². The first kappa shape index (κ1) is 20.7. The molecule has 1 fully saturated rings. The normalized spacial score (nSPS) is 15.6. The lowest BCUT2D eigenvalue weighted by Crippen LogP contribution is -2.31. The third-order valence-electron chi connectivity index (χ3n) is 5.52. The fourth-order valence-electron chi connectivity index (χ4n) is 3.94. The minimum atomic E-state index is -0.0813. The van der Waals surface area contributed by atoms with Gasteiger partial charge in [0, 0.05) is 5.92 Å². The van der Waals surface area contributed by atoms with E-state index in [1.165, 1.54) is 36.6 Å². The Morgan fingerprint density at radius 3 is 2.43 bits per heavy atom. The minimum absolute atomic E-state index is 0.0396. The lowest BCUT2D eigenvalue weighted by atomic mass is 9.89. The highest BCUT2D eigenvalue weighted by molar-refractivity contribution is 7.99. The highest BCUT2D eigenvalue weighted by atomic mass is 32.2. The highest BCUT2D eigenvalue weighted by Gasteiger charge is 2.22. The Morgan fingerprint density at radius 1 is 1.00 bits per heavy atom. The van der Waals surface area contributed by atoms with Crippen molar-refractivity contribution in [3.05, 3.63) is 77.7 Å². The molecule has 0 radical (unpaired) electrons. The van der Waals surface area contributed by atoms with Crippen molar-refractivity contribution >= 4 is 17.7 Å². The molecular weight excluding hydrogens is 394 g/mol. The fraction of sp³-hybridized carbons (Fsp3) is 0.375. The molecule has 1 aromatic heterocycles. The molecule has 0 unspecified atom stereocenters. The van der Waals surface area contributed by atoms with E-state index in [4.69, 9.17) is 4.42 Å². The predicted molar refractivity (Wildman–Crippen MR) is 118 cm³/mol. The number of carbonyl (C=O) groups excluding carboxylic acids is 1. The van der Waals surface area contributed by atoms with Crippen LogP contribution in [0.4, 0.5) is 0 Å². The molecule has 6 heteroatoms. The van der Waals surface area contributed by atoms with Crippen molar-refractivity contribution in [2.24, 2.45) is 0 Å². The Kier molecular flexibility index (Phi) is 7.19. The van der Waals surface area contributed by atoms with Gasteiger partial charge in [0.1, 0.15) is 0 Å². The first-order valence-electron chi connectivity index (χ1n) is 10.6. The van der Waals surface area contributed by atoms with Crippen LogP contribution >= 0.6 is 11.8 Å². The maximum Gasteiger partial charge on any atom is 0.277 e. The third-order valence-corrected chi connectivity index (χ3v) is 6.34. The number of aromatic nitrogens is 2. The van der Waals surface area contributed by atoms with Crippen molar-refractivity contribution in [2.75, 3.05) is 5.75 Å². The first-order chi connectivity index (χ1) is 14.8. The number of nitrogens with zero attached hydrogens (tertiary/aromatic N) is 2. The van der Waals surface area contributed by atoms with Crippen molar-refractivity contribution in [1.82, 2.24) is 15.5 Å². The average molecular weight is 422 g/mol. The SMILES string of the molecule is O=C(CSc1nnc(C2CCCCC2)o1)N[C@@H](Cc1ccccc1)c1ccccc1. The number of nitrogens with one attached hydrogen (secondary N) is 1. The van der Waals surface area contributed by atoms with Gasteiger partial charge in [0.25, 0.3) is 5.22 Å². The lowest BCUT2D eigenvalue weighted by molar-refractivity contribution is -0.119. The maximum absolute atomic E-state index is 12.7. The summed E-state index contributed by atoms with van der Waals surface area (Å²) < 4.78 is 5.82. The van der Waals surface area contributed by atoms with Gasteiger partial charge in [-0.2, -0.15) is 0 Å². The molecule has 3 aromatic rings. The van der Waals surface area contributed by atoms with E-state index in [2.05, 4.69) is 39.8 Å². The molecule has 1 aliphatic rings. The molecule has 0 bridgehead atoms. The van der Waals surface area contributed by atoms with E-state index in [1.54, 1.807) is 0 Å². The molecule has 0 spiro atoms. The number of rotatable bonds is 8. The molecule has 0 saturated heterocycles. The summed E-state index contributed by atoms with van der Waals surface area (Å²) in [6.45, 7) is 0. The number of hydrogen-bond acceptors (Lipinski definition) is 5. The number of benzene rings is 2. The van der Waals surface area contributed by atoms with Gasteiger partial charge in [0.05, 0.1) is 11.8 Å².